The van der Waals surface area contributed by atoms with E-state index in [1.165, 1.54) is 0 Å². The number of rotatable bonds is 4. The highest BCUT2D eigenvalue weighted by Gasteiger charge is 2.14. The lowest BCUT2D eigenvalue weighted by atomic mass is 10.2. The van der Waals surface area contributed by atoms with E-state index >= 15 is 0 Å². The third kappa shape index (κ3) is 2.37. The minimum atomic E-state index is 0.359. The van der Waals surface area contributed by atoms with Crippen LogP contribution in [0.25, 0.3) is 23.0 Å². The molecular weight excluding hydrogens is 244 g/mol. The second-order valence-corrected chi connectivity index (χ2v) is 4.09. The van der Waals surface area contributed by atoms with Gasteiger partial charge in [-0.25, -0.2) is 0 Å². The third-order valence-electron chi connectivity index (χ3n) is 2.64. The van der Waals surface area contributed by atoms with E-state index in [0.717, 1.165) is 24.2 Å². The molecule has 19 heavy (non-hydrogen) atoms. The van der Waals surface area contributed by atoms with Crippen molar-refractivity contribution in [3.63, 3.8) is 0 Å². The average Bonchev–Trinajstić information content (AvgIpc) is 3.08. The highest BCUT2D eigenvalue weighted by atomic mass is 16.5. The van der Waals surface area contributed by atoms with Gasteiger partial charge in [-0.05, 0) is 18.6 Å². The maximum Gasteiger partial charge on any atom is 0.280 e. The highest BCUT2D eigenvalue weighted by molar-refractivity contribution is 5.56. The van der Waals surface area contributed by atoms with Crippen molar-refractivity contribution < 1.29 is 9.05 Å². The van der Waals surface area contributed by atoms with Crippen LogP contribution in [-0.4, -0.2) is 20.3 Å². The quantitative estimate of drug-likeness (QED) is 0.714. The molecular formula is C13H12N4O2. The Hall–Kier alpha value is -2.50. The first kappa shape index (κ1) is 11.6. The van der Waals surface area contributed by atoms with Crippen LogP contribution in [0, 0.1) is 0 Å². The van der Waals surface area contributed by atoms with Crippen LogP contribution >= 0.6 is 0 Å². The van der Waals surface area contributed by atoms with E-state index in [1.807, 2.05) is 18.2 Å². The van der Waals surface area contributed by atoms with Gasteiger partial charge >= 0.3 is 0 Å². The van der Waals surface area contributed by atoms with Gasteiger partial charge in [0.25, 0.3) is 5.89 Å². The van der Waals surface area contributed by atoms with Crippen LogP contribution in [-0.2, 0) is 6.42 Å². The third-order valence-corrected chi connectivity index (χ3v) is 2.64. The topological polar surface area (TPSA) is 77.8 Å². The van der Waals surface area contributed by atoms with Crippen LogP contribution in [0.1, 0.15) is 19.1 Å². The lowest BCUT2D eigenvalue weighted by Crippen LogP contribution is -1.81. The zero-order valence-corrected chi connectivity index (χ0v) is 10.4. The fourth-order valence-electron chi connectivity index (χ4n) is 1.72. The number of hydrogen-bond donors (Lipinski definition) is 0. The van der Waals surface area contributed by atoms with Crippen molar-refractivity contribution in [3.05, 3.63) is 36.4 Å². The molecule has 0 aliphatic heterocycles. The molecule has 3 aromatic rings. The summed E-state index contributed by atoms with van der Waals surface area (Å²) in [6, 6.07) is 5.47. The Morgan fingerprint density at radius 2 is 1.95 bits per heavy atom. The van der Waals surface area contributed by atoms with Crippen LogP contribution in [0.5, 0.6) is 0 Å². The summed E-state index contributed by atoms with van der Waals surface area (Å²) in [6.07, 6.45) is 5.21. The second kappa shape index (κ2) is 5.01. The SMILES string of the molecule is CCCc1cc(-c2nc(-c3ccncc3)no2)no1. The molecule has 3 rings (SSSR count). The van der Waals surface area contributed by atoms with Crippen LogP contribution in [0.15, 0.2) is 39.6 Å². The normalized spacial score (nSPS) is 10.8. The minimum Gasteiger partial charge on any atom is -0.361 e. The van der Waals surface area contributed by atoms with Gasteiger partial charge in [-0.2, -0.15) is 4.98 Å². The summed E-state index contributed by atoms with van der Waals surface area (Å²) in [6.45, 7) is 2.08. The Kier molecular flexibility index (Phi) is 3.06. The van der Waals surface area contributed by atoms with E-state index in [9.17, 15) is 0 Å². The standard InChI is InChI=1S/C13H12N4O2/c1-2-3-10-8-11(16-18-10)13-15-12(17-19-13)9-4-6-14-7-5-9/h4-8H,2-3H2,1H3. The number of pyridine rings is 1. The highest BCUT2D eigenvalue weighted by Crippen LogP contribution is 2.21. The zero-order valence-electron chi connectivity index (χ0n) is 10.4. The zero-order chi connectivity index (χ0) is 13.1. The average molecular weight is 256 g/mol. The van der Waals surface area contributed by atoms with Gasteiger partial charge in [0.15, 0.2) is 5.69 Å². The summed E-state index contributed by atoms with van der Waals surface area (Å²) in [5, 5.41) is 7.85. The van der Waals surface area contributed by atoms with Crippen LogP contribution in [0.2, 0.25) is 0 Å². The molecule has 3 aromatic heterocycles. The fraction of sp³-hybridized carbons (Fsp3) is 0.231. The Morgan fingerprint density at radius 3 is 2.74 bits per heavy atom. The van der Waals surface area contributed by atoms with E-state index in [1.54, 1.807) is 12.4 Å². The second-order valence-electron chi connectivity index (χ2n) is 4.09. The molecule has 0 radical (unpaired) electrons. The summed E-state index contributed by atoms with van der Waals surface area (Å²) in [7, 11) is 0. The van der Waals surface area contributed by atoms with Crippen LogP contribution < -0.4 is 0 Å². The molecule has 0 aliphatic carbocycles. The van der Waals surface area contributed by atoms with Gasteiger partial charge in [0, 0.05) is 30.4 Å². The van der Waals surface area contributed by atoms with Crippen molar-refractivity contribution in [2.24, 2.45) is 0 Å². The van der Waals surface area contributed by atoms with E-state index in [0.29, 0.717) is 17.4 Å². The summed E-state index contributed by atoms with van der Waals surface area (Å²) in [5.41, 5.74) is 1.42. The molecule has 6 nitrogen and oxygen atoms in total. The van der Waals surface area contributed by atoms with Crippen molar-refractivity contribution in [1.82, 2.24) is 20.3 Å². The van der Waals surface area contributed by atoms with Gasteiger partial charge in [-0.15, -0.1) is 0 Å². The first-order chi connectivity index (χ1) is 9.36. The van der Waals surface area contributed by atoms with Gasteiger partial charge in [0.1, 0.15) is 5.76 Å². The van der Waals surface area contributed by atoms with Gasteiger partial charge in [-0.1, -0.05) is 17.2 Å². The summed E-state index contributed by atoms with van der Waals surface area (Å²) in [5.74, 6) is 1.69. The lowest BCUT2D eigenvalue weighted by Gasteiger charge is -1.89. The van der Waals surface area contributed by atoms with E-state index in [-0.39, 0.29) is 0 Å². The molecule has 0 aliphatic rings. The Labute approximate surface area is 109 Å². The summed E-state index contributed by atoms with van der Waals surface area (Å²) in [4.78, 5) is 8.24. The van der Waals surface area contributed by atoms with Crippen molar-refractivity contribution in [3.8, 4) is 23.0 Å². The largest absolute Gasteiger partial charge is 0.361 e. The van der Waals surface area contributed by atoms with Crippen LogP contribution in [0.4, 0.5) is 0 Å². The minimum absolute atomic E-state index is 0.359. The molecule has 6 heteroatoms. The molecule has 0 bridgehead atoms. The molecule has 0 atom stereocenters. The number of aromatic nitrogens is 4. The number of hydrogen-bond acceptors (Lipinski definition) is 6. The van der Waals surface area contributed by atoms with Crippen LogP contribution in [0.3, 0.4) is 0 Å². The van der Waals surface area contributed by atoms with Gasteiger partial charge in [-0.3, -0.25) is 4.98 Å². The molecule has 96 valence electrons. The summed E-state index contributed by atoms with van der Waals surface area (Å²) >= 11 is 0. The molecule has 0 N–H and O–H groups in total. The predicted molar refractivity (Wildman–Crippen MR) is 67.0 cm³/mol. The molecule has 3 heterocycles. The molecule has 0 aromatic carbocycles. The summed E-state index contributed by atoms with van der Waals surface area (Å²) < 4.78 is 10.4. The predicted octanol–water partition coefficient (Wildman–Crippen LogP) is 2.74. The number of nitrogens with zero attached hydrogens (tertiary/aromatic N) is 4. The monoisotopic (exact) mass is 256 g/mol. The fourth-order valence-corrected chi connectivity index (χ4v) is 1.72. The molecule has 0 fully saturated rings. The molecule has 0 unspecified atom stereocenters. The number of aryl methyl sites for hydroxylation is 1. The molecule has 0 amide bonds. The maximum atomic E-state index is 5.19. The Balaban J connectivity index is 1.88. The smallest absolute Gasteiger partial charge is 0.280 e. The van der Waals surface area contributed by atoms with E-state index in [2.05, 4.69) is 27.2 Å². The van der Waals surface area contributed by atoms with Crippen molar-refractivity contribution >= 4 is 0 Å². The molecule has 0 spiro atoms. The Bertz CT molecular complexity index is 660. The molecule has 0 saturated heterocycles. The van der Waals surface area contributed by atoms with Gasteiger partial charge in [0.05, 0.1) is 0 Å². The van der Waals surface area contributed by atoms with Crippen molar-refractivity contribution in [2.45, 2.75) is 19.8 Å². The van der Waals surface area contributed by atoms with Crippen molar-refractivity contribution in [1.29, 1.82) is 0 Å². The first-order valence-corrected chi connectivity index (χ1v) is 6.07. The van der Waals surface area contributed by atoms with Gasteiger partial charge in [0.2, 0.25) is 5.82 Å². The van der Waals surface area contributed by atoms with E-state index in [4.69, 9.17) is 9.05 Å². The Morgan fingerprint density at radius 1 is 1.11 bits per heavy atom. The van der Waals surface area contributed by atoms with Gasteiger partial charge < -0.3 is 9.05 Å². The lowest BCUT2D eigenvalue weighted by molar-refractivity contribution is 0.378. The maximum absolute atomic E-state index is 5.19. The van der Waals surface area contributed by atoms with Crippen molar-refractivity contribution in [2.75, 3.05) is 0 Å². The molecule has 0 saturated carbocycles. The first-order valence-electron chi connectivity index (χ1n) is 6.07. The van der Waals surface area contributed by atoms with E-state index < -0.39 is 0 Å².